The Bertz CT molecular complexity index is 235. The lowest BCUT2D eigenvalue weighted by Crippen LogP contribution is -2.43. The first kappa shape index (κ1) is 15.5. The van der Waals surface area contributed by atoms with Crippen molar-refractivity contribution in [1.29, 1.82) is 0 Å². The summed E-state index contributed by atoms with van der Waals surface area (Å²) < 4.78 is 0. The van der Waals surface area contributed by atoms with E-state index in [0.717, 1.165) is 32.2 Å². The average molecular weight is 254 g/mol. The van der Waals surface area contributed by atoms with Crippen LogP contribution in [0.5, 0.6) is 0 Å². The fourth-order valence-corrected chi connectivity index (χ4v) is 2.70. The van der Waals surface area contributed by atoms with E-state index >= 15 is 0 Å². The van der Waals surface area contributed by atoms with Gasteiger partial charge < -0.3 is 10.6 Å². The quantitative estimate of drug-likeness (QED) is 0.733. The van der Waals surface area contributed by atoms with Crippen LogP contribution >= 0.6 is 0 Å². The molecule has 1 unspecified atom stereocenters. The Balaban J connectivity index is 2.20. The molecule has 0 aromatic heterocycles. The zero-order valence-corrected chi connectivity index (χ0v) is 12.3. The van der Waals surface area contributed by atoms with Crippen molar-refractivity contribution in [2.45, 2.75) is 77.8 Å². The number of rotatable bonds is 7. The fourth-order valence-electron chi connectivity index (χ4n) is 2.70. The standard InChI is InChI=1S/C15H30N2O/c1-4-6-12(3)15(18)17-14-9-7-13(8-10-14)16-11-5-2/h12-14,16H,4-11H2,1-3H3,(H,17,18). The summed E-state index contributed by atoms with van der Waals surface area (Å²) in [7, 11) is 0. The van der Waals surface area contributed by atoms with Gasteiger partial charge in [-0.25, -0.2) is 0 Å². The Morgan fingerprint density at radius 2 is 1.72 bits per heavy atom. The third-order valence-corrected chi connectivity index (χ3v) is 3.93. The second kappa shape index (κ2) is 8.52. The van der Waals surface area contributed by atoms with Crippen molar-refractivity contribution in [3.8, 4) is 0 Å². The topological polar surface area (TPSA) is 41.1 Å². The van der Waals surface area contributed by atoms with E-state index in [1.165, 1.54) is 19.3 Å². The van der Waals surface area contributed by atoms with Crippen molar-refractivity contribution >= 4 is 5.91 Å². The zero-order valence-electron chi connectivity index (χ0n) is 12.3. The van der Waals surface area contributed by atoms with E-state index in [-0.39, 0.29) is 11.8 Å². The number of amides is 1. The second-order valence-corrected chi connectivity index (χ2v) is 5.70. The summed E-state index contributed by atoms with van der Waals surface area (Å²) >= 11 is 0. The molecule has 0 aromatic carbocycles. The highest BCUT2D eigenvalue weighted by molar-refractivity contribution is 5.78. The summed E-state index contributed by atoms with van der Waals surface area (Å²) in [4.78, 5) is 11.9. The molecule has 2 N–H and O–H groups in total. The van der Waals surface area contributed by atoms with Crippen LogP contribution in [-0.4, -0.2) is 24.5 Å². The van der Waals surface area contributed by atoms with Crippen LogP contribution in [0.4, 0.5) is 0 Å². The van der Waals surface area contributed by atoms with Crippen molar-refractivity contribution in [2.75, 3.05) is 6.54 Å². The first-order valence-corrected chi connectivity index (χ1v) is 7.71. The molecule has 1 aliphatic rings. The Labute approximate surface area is 112 Å². The Morgan fingerprint density at radius 1 is 1.11 bits per heavy atom. The molecule has 0 heterocycles. The van der Waals surface area contributed by atoms with Crippen LogP contribution in [0.1, 0.15) is 65.7 Å². The highest BCUT2D eigenvalue weighted by atomic mass is 16.1. The van der Waals surface area contributed by atoms with Crippen LogP contribution in [0.15, 0.2) is 0 Å². The summed E-state index contributed by atoms with van der Waals surface area (Å²) in [6, 6.07) is 1.09. The van der Waals surface area contributed by atoms with Gasteiger partial charge in [0.05, 0.1) is 0 Å². The van der Waals surface area contributed by atoms with Gasteiger partial charge in [-0.3, -0.25) is 4.79 Å². The SMILES string of the molecule is CCCNC1CCC(NC(=O)C(C)CCC)CC1. The zero-order chi connectivity index (χ0) is 13.4. The van der Waals surface area contributed by atoms with Crippen LogP contribution in [0.2, 0.25) is 0 Å². The molecule has 1 saturated carbocycles. The molecule has 1 rings (SSSR count). The lowest BCUT2D eigenvalue weighted by molar-refractivity contribution is -0.125. The number of nitrogens with one attached hydrogen (secondary N) is 2. The number of carbonyl (C=O) groups is 1. The molecule has 1 aliphatic carbocycles. The van der Waals surface area contributed by atoms with Crippen LogP contribution in [0.25, 0.3) is 0 Å². The van der Waals surface area contributed by atoms with E-state index in [2.05, 4.69) is 24.5 Å². The van der Waals surface area contributed by atoms with Crippen molar-refractivity contribution in [1.82, 2.24) is 10.6 Å². The monoisotopic (exact) mass is 254 g/mol. The molecule has 0 bridgehead atoms. The van der Waals surface area contributed by atoms with Crippen molar-refractivity contribution < 1.29 is 4.79 Å². The first-order valence-electron chi connectivity index (χ1n) is 7.71. The molecule has 0 spiro atoms. The van der Waals surface area contributed by atoms with Gasteiger partial charge >= 0.3 is 0 Å². The van der Waals surface area contributed by atoms with Gasteiger partial charge in [-0.2, -0.15) is 0 Å². The Morgan fingerprint density at radius 3 is 2.28 bits per heavy atom. The summed E-state index contributed by atoms with van der Waals surface area (Å²) in [5, 5.41) is 6.79. The van der Waals surface area contributed by atoms with Gasteiger partial charge in [0.15, 0.2) is 0 Å². The largest absolute Gasteiger partial charge is 0.353 e. The number of carbonyl (C=O) groups excluding carboxylic acids is 1. The maximum Gasteiger partial charge on any atom is 0.223 e. The molecule has 1 fully saturated rings. The predicted octanol–water partition coefficient (Wildman–Crippen LogP) is 2.85. The van der Waals surface area contributed by atoms with E-state index < -0.39 is 0 Å². The van der Waals surface area contributed by atoms with Gasteiger partial charge in [0.25, 0.3) is 0 Å². The highest BCUT2D eigenvalue weighted by Crippen LogP contribution is 2.19. The van der Waals surface area contributed by atoms with Crippen LogP contribution < -0.4 is 10.6 Å². The van der Waals surface area contributed by atoms with E-state index in [1.807, 2.05) is 6.92 Å². The Hall–Kier alpha value is -0.570. The van der Waals surface area contributed by atoms with Gasteiger partial charge in [0.1, 0.15) is 0 Å². The third kappa shape index (κ3) is 5.38. The van der Waals surface area contributed by atoms with E-state index in [1.54, 1.807) is 0 Å². The molecular weight excluding hydrogens is 224 g/mol. The molecule has 1 amide bonds. The van der Waals surface area contributed by atoms with Crippen LogP contribution in [-0.2, 0) is 4.79 Å². The molecule has 3 heteroatoms. The molecule has 18 heavy (non-hydrogen) atoms. The lowest BCUT2D eigenvalue weighted by atomic mass is 9.90. The van der Waals surface area contributed by atoms with E-state index in [0.29, 0.717) is 12.1 Å². The third-order valence-electron chi connectivity index (χ3n) is 3.93. The minimum Gasteiger partial charge on any atom is -0.353 e. The predicted molar refractivity (Wildman–Crippen MR) is 76.6 cm³/mol. The minimum absolute atomic E-state index is 0.172. The van der Waals surface area contributed by atoms with Crippen molar-refractivity contribution in [3.05, 3.63) is 0 Å². The minimum atomic E-state index is 0.172. The number of hydrogen-bond donors (Lipinski definition) is 2. The Kier molecular flexibility index (Phi) is 7.33. The summed E-state index contributed by atoms with van der Waals surface area (Å²) in [5.41, 5.74) is 0. The average Bonchev–Trinajstić information content (AvgIpc) is 2.38. The maximum absolute atomic E-state index is 11.9. The first-order chi connectivity index (χ1) is 8.67. The van der Waals surface area contributed by atoms with Crippen molar-refractivity contribution in [3.63, 3.8) is 0 Å². The van der Waals surface area contributed by atoms with E-state index in [9.17, 15) is 4.79 Å². The smallest absolute Gasteiger partial charge is 0.223 e. The number of hydrogen-bond acceptors (Lipinski definition) is 2. The molecule has 0 saturated heterocycles. The van der Waals surface area contributed by atoms with Crippen LogP contribution in [0.3, 0.4) is 0 Å². The molecule has 0 radical (unpaired) electrons. The van der Waals surface area contributed by atoms with Gasteiger partial charge in [0.2, 0.25) is 5.91 Å². The summed E-state index contributed by atoms with van der Waals surface area (Å²) in [5.74, 6) is 0.424. The molecule has 0 aromatic rings. The summed E-state index contributed by atoms with van der Waals surface area (Å²) in [6.45, 7) is 7.49. The molecule has 106 valence electrons. The maximum atomic E-state index is 11.9. The normalized spacial score (nSPS) is 25.7. The molecule has 0 aliphatic heterocycles. The fraction of sp³-hybridized carbons (Fsp3) is 0.933. The van der Waals surface area contributed by atoms with Gasteiger partial charge in [0, 0.05) is 18.0 Å². The molecule has 3 nitrogen and oxygen atoms in total. The van der Waals surface area contributed by atoms with Crippen LogP contribution in [0, 0.1) is 5.92 Å². The highest BCUT2D eigenvalue weighted by Gasteiger charge is 2.23. The lowest BCUT2D eigenvalue weighted by Gasteiger charge is -2.30. The molecule has 1 atom stereocenters. The van der Waals surface area contributed by atoms with E-state index in [4.69, 9.17) is 0 Å². The summed E-state index contributed by atoms with van der Waals surface area (Å²) in [6.07, 6.45) is 7.95. The van der Waals surface area contributed by atoms with Crippen molar-refractivity contribution in [2.24, 2.45) is 5.92 Å². The van der Waals surface area contributed by atoms with Gasteiger partial charge in [-0.15, -0.1) is 0 Å². The van der Waals surface area contributed by atoms with Gasteiger partial charge in [-0.05, 0) is 45.1 Å². The van der Waals surface area contributed by atoms with Gasteiger partial charge in [-0.1, -0.05) is 27.2 Å². The second-order valence-electron chi connectivity index (χ2n) is 5.70. The molecular formula is C15H30N2O.